The van der Waals surface area contributed by atoms with Gasteiger partial charge >= 0.3 is 0 Å². The van der Waals surface area contributed by atoms with Crippen LogP contribution in [0.15, 0.2) is 36.4 Å². The molecule has 110 valence electrons. The highest BCUT2D eigenvalue weighted by molar-refractivity contribution is 6.19. The van der Waals surface area contributed by atoms with E-state index < -0.39 is 5.54 Å². The fourth-order valence-electron chi connectivity index (χ4n) is 2.09. The summed E-state index contributed by atoms with van der Waals surface area (Å²) in [5.74, 6) is 0.0803. The molecule has 1 amide bonds. The van der Waals surface area contributed by atoms with E-state index in [-0.39, 0.29) is 11.8 Å². The molecule has 0 aliphatic rings. The lowest BCUT2D eigenvalue weighted by atomic mass is 9.93. The molecular formula is C16H18ClN3O. The number of carbonyl (C=O) groups excluding carboxylic acids is 1. The number of aryl methyl sites for hydroxylation is 2. The summed E-state index contributed by atoms with van der Waals surface area (Å²) in [4.78, 5) is 12.5. The van der Waals surface area contributed by atoms with Gasteiger partial charge in [-0.1, -0.05) is 30.3 Å². The number of rotatable bonds is 4. The monoisotopic (exact) mass is 303 g/mol. The Balaban J connectivity index is 2.30. The van der Waals surface area contributed by atoms with E-state index in [9.17, 15) is 4.79 Å². The lowest BCUT2D eigenvalue weighted by Crippen LogP contribution is -2.45. The molecule has 4 nitrogen and oxygen atoms in total. The van der Waals surface area contributed by atoms with Crippen molar-refractivity contribution in [2.75, 3.05) is 5.88 Å². The van der Waals surface area contributed by atoms with Crippen LogP contribution in [0.3, 0.4) is 0 Å². The zero-order valence-corrected chi connectivity index (χ0v) is 13.1. The molecule has 1 N–H and O–H groups in total. The molecule has 0 saturated carbocycles. The molecule has 1 unspecified atom stereocenters. The van der Waals surface area contributed by atoms with Crippen molar-refractivity contribution in [3.63, 3.8) is 0 Å². The van der Waals surface area contributed by atoms with Crippen LogP contribution in [0.2, 0.25) is 0 Å². The van der Waals surface area contributed by atoms with Gasteiger partial charge in [-0.25, -0.2) is 0 Å². The predicted molar refractivity (Wildman–Crippen MR) is 83.5 cm³/mol. The first kappa shape index (κ1) is 15.4. The van der Waals surface area contributed by atoms with E-state index >= 15 is 0 Å². The lowest BCUT2D eigenvalue weighted by Gasteiger charge is -2.29. The van der Waals surface area contributed by atoms with Crippen LogP contribution in [0.1, 0.15) is 34.2 Å². The summed E-state index contributed by atoms with van der Waals surface area (Å²) in [5, 5.41) is 10.9. The summed E-state index contributed by atoms with van der Waals surface area (Å²) in [7, 11) is 0. The third kappa shape index (κ3) is 3.39. The molecule has 5 heteroatoms. The van der Waals surface area contributed by atoms with Crippen LogP contribution in [0.4, 0.5) is 0 Å². The quantitative estimate of drug-likeness (QED) is 0.884. The summed E-state index contributed by atoms with van der Waals surface area (Å²) in [6.07, 6.45) is 0. The Morgan fingerprint density at radius 1 is 1.24 bits per heavy atom. The van der Waals surface area contributed by atoms with Crippen LogP contribution in [-0.4, -0.2) is 22.0 Å². The Morgan fingerprint density at radius 2 is 1.90 bits per heavy atom. The van der Waals surface area contributed by atoms with Gasteiger partial charge in [-0.2, -0.15) is 10.2 Å². The van der Waals surface area contributed by atoms with Crippen LogP contribution >= 0.6 is 11.6 Å². The van der Waals surface area contributed by atoms with Crippen molar-refractivity contribution in [2.45, 2.75) is 26.3 Å². The van der Waals surface area contributed by atoms with E-state index in [1.54, 1.807) is 19.9 Å². The molecular weight excluding hydrogens is 286 g/mol. The van der Waals surface area contributed by atoms with Crippen LogP contribution in [0.5, 0.6) is 0 Å². The smallest absolute Gasteiger partial charge is 0.253 e. The van der Waals surface area contributed by atoms with Crippen LogP contribution in [-0.2, 0) is 5.54 Å². The van der Waals surface area contributed by atoms with Gasteiger partial charge < -0.3 is 5.32 Å². The Bertz CT molecular complexity index is 645. The van der Waals surface area contributed by atoms with Gasteiger partial charge in [0.2, 0.25) is 0 Å². The van der Waals surface area contributed by atoms with Crippen LogP contribution < -0.4 is 5.32 Å². The molecule has 1 aromatic heterocycles. The fourth-order valence-corrected chi connectivity index (χ4v) is 2.31. The summed E-state index contributed by atoms with van der Waals surface area (Å²) in [6.45, 7) is 5.48. The first-order valence-electron chi connectivity index (χ1n) is 6.71. The number of nitrogens with zero attached hydrogens (tertiary/aromatic N) is 2. The van der Waals surface area contributed by atoms with Gasteiger partial charge in [-0.05, 0) is 32.4 Å². The van der Waals surface area contributed by atoms with Crippen molar-refractivity contribution >= 4 is 17.5 Å². The molecule has 1 atom stereocenters. The molecule has 0 aliphatic heterocycles. The molecule has 0 fully saturated rings. The Hall–Kier alpha value is -1.94. The summed E-state index contributed by atoms with van der Waals surface area (Å²) in [6, 6.07) is 11.4. The Morgan fingerprint density at radius 3 is 2.52 bits per heavy atom. The van der Waals surface area contributed by atoms with Crippen molar-refractivity contribution in [3.05, 3.63) is 58.9 Å². The van der Waals surface area contributed by atoms with E-state index in [1.165, 1.54) is 0 Å². The highest BCUT2D eigenvalue weighted by Gasteiger charge is 2.28. The van der Waals surface area contributed by atoms with Gasteiger partial charge in [0.25, 0.3) is 5.91 Å². The van der Waals surface area contributed by atoms with Crippen molar-refractivity contribution < 1.29 is 4.79 Å². The molecule has 2 aromatic rings. The number of nitrogens with one attached hydrogen (secondary N) is 1. The average molecular weight is 304 g/mol. The first-order chi connectivity index (χ1) is 9.96. The normalized spacial score (nSPS) is 13.5. The van der Waals surface area contributed by atoms with Crippen molar-refractivity contribution in [1.82, 2.24) is 15.5 Å². The Kier molecular flexibility index (Phi) is 4.58. The number of hydrogen-bond acceptors (Lipinski definition) is 3. The second-order valence-electron chi connectivity index (χ2n) is 5.27. The van der Waals surface area contributed by atoms with Gasteiger partial charge in [-0.15, -0.1) is 11.6 Å². The van der Waals surface area contributed by atoms with Crippen LogP contribution in [0, 0.1) is 13.8 Å². The topological polar surface area (TPSA) is 54.9 Å². The zero-order valence-electron chi connectivity index (χ0n) is 12.4. The van der Waals surface area contributed by atoms with Crippen molar-refractivity contribution in [3.8, 4) is 0 Å². The van der Waals surface area contributed by atoms with Gasteiger partial charge in [0.15, 0.2) is 0 Å². The summed E-state index contributed by atoms with van der Waals surface area (Å²) < 4.78 is 0. The van der Waals surface area contributed by atoms with Gasteiger partial charge in [-0.3, -0.25) is 4.79 Å². The molecule has 0 spiro atoms. The summed E-state index contributed by atoms with van der Waals surface area (Å²) in [5.41, 5.74) is 2.16. The first-order valence-corrected chi connectivity index (χ1v) is 7.24. The number of alkyl halides is 1. The number of hydrogen-bond donors (Lipinski definition) is 1. The zero-order chi connectivity index (χ0) is 15.5. The highest BCUT2D eigenvalue weighted by Crippen LogP contribution is 2.23. The lowest BCUT2D eigenvalue weighted by molar-refractivity contribution is 0.0911. The van der Waals surface area contributed by atoms with Crippen LogP contribution in [0.25, 0.3) is 0 Å². The molecule has 21 heavy (non-hydrogen) atoms. The largest absolute Gasteiger partial charge is 0.342 e. The maximum atomic E-state index is 12.5. The van der Waals surface area contributed by atoms with E-state index in [2.05, 4.69) is 15.5 Å². The molecule has 0 saturated heterocycles. The van der Waals surface area contributed by atoms with E-state index in [4.69, 9.17) is 11.6 Å². The number of halogens is 1. The predicted octanol–water partition coefficient (Wildman–Crippen LogP) is 2.98. The van der Waals surface area contributed by atoms with Crippen molar-refractivity contribution in [2.24, 2.45) is 0 Å². The fraction of sp³-hybridized carbons (Fsp3) is 0.312. The van der Waals surface area contributed by atoms with Gasteiger partial charge in [0.1, 0.15) is 0 Å². The molecule has 1 heterocycles. The minimum Gasteiger partial charge on any atom is -0.342 e. The minimum absolute atomic E-state index is 0.197. The van der Waals surface area contributed by atoms with E-state index in [0.717, 1.165) is 5.56 Å². The molecule has 0 radical (unpaired) electrons. The van der Waals surface area contributed by atoms with Gasteiger partial charge in [0.05, 0.1) is 22.5 Å². The highest BCUT2D eigenvalue weighted by atomic mass is 35.5. The number of aromatic nitrogens is 2. The molecule has 0 bridgehead atoms. The minimum atomic E-state index is -0.635. The average Bonchev–Trinajstić information content (AvgIpc) is 2.50. The second-order valence-corrected chi connectivity index (χ2v) is 5.54. The maximum Gasteiger partial charge on any atom is 0.253 e. The number of benzene rings is 1. The second kappa shape index (κ2) is 6.22. The van der Waals surface area contributed by atoms with Gasteiger partial charge in [0, 0.05) is 5.88 Å². The third-order valence-electron chi connectivity index (χ3n) is 3.41. The maximum absolute atomic E-state index is 12.5. The molecule has 1 aromatic carbocycles. The molecule has 0 aliphatic carbocycles. The number of carbonyl (C=O) groups is 1. The van der Waals surface area contributed by atoms with E-state index in [1.807, 2.05) is 37.3 Å². The summed E-state index contributed by atoms with van der Waals surface area (Å²) >= 11 is 6.10. The van der Waals surface area contributed by atoms with E-state index in [0.29, 0.717) is 17.0 Å². The SMILES string of the molecule is Cc1cc(C(=O)NC(C)(CCl)c2ccccc2)c(C)nn1. The van der Waals surface area contributed by atoms with Crippen molar-refractivity contribution in [1.29, 1.82) is 0 Å². The third-order valence-corrected chi connectivity index (χ3v) is 3.95. The Labute approximate surface area is 129 Å². The standard InChI is InChI=1S/C16H18ClN3O/c1-11-9-14(12(2)20-19-11)15(21)18-16(3,10-17)13-7-5-4-6-8-13/h4-9H,10H2,1-3H3,(H,18,21). The number of amides is 1. The molecule has 2 rings (SSSR count).